The maximum Gasteiger partial charge on any atom is 0.308 e. The smallest absolute Gasteiger partial charge is 0.308 e. The third-order valence-corrected chi connectivity index (χ3v) is 4.36. The Morgan fingerprint density at radius 1 is 1.43 bits per heavy atom. The number of carboxylic acid groups (broad SMARTS) is 1. The topological polar surface area (TPSA) is 70.8 Å². The molecule has 2 heterocycles. The maximum absolute atomic E-state index is 12.0. The van der Waals surface area contributed by atoms with Crippen molar-refractivity contribution in [3.05, 3.63) is 29.7 Å². The minimum absolute atomic E-state index is 0.156. The van der Waals surface area contributed by atoms with E-state index in [1.54, 1.807) is 11.0 Å². The average Bonchev–Trinajstić information content (AvgIpc) is 2.90. The highest BCUT2D eigenvalue weighted by atomic mass is 16.4. The zero-order valence-electron chi connectivity index (χ0n) is 12.0. The van der Waals surface area contributed by atoms with Gasteiger partial charge in [0.2, 0.25) is 5.91 Å². The van der Waals surface area contributed by atoms with Crippen molar-refractivity contribution in [1.82, 2.24) is 4.90 Å². The molecule has 1 aliphatic carbocycles. The molecule has 1 aromatic heterocycles. The molecule has 1 amide bonds. The normalized spacial score (nSPS) is 28.2. The molecule has 0 unspecified atom stereocenters. The van der Waals surface area contributed by atoms with E-state index in [1.807, 2.05) is 12.1 Å². The van der Waals surface area contributed by atoms with Gasteiger partial charge >= 0.3 is 5.97 Å². The molecular formula is C16H19NO4. The summed E-state index contributed by atoms with van der Waals surface area (Å²) in [7, 11) is 0. The van der Waals surface area contributed by atoms with Crippen LogP contribution in [0.4, 0.5) is 0 Å². The van der Waals surface area contributed by atoms with Gasteiger partial charge in [0, 0.05) is 25.1 Å². The first-order valence-corrected chi connectivity index (χ1v) is 7.34. The van der Waals surface area contributed by atoms with Gasteiger partial charge in [-0.25, -0.2) is 0 Å². The van der Waals surface area contributed by atoms with Crippen LogP contribution in [-0.2, 0) is 9.59 Å². The lowest BCUT2D eigenvalue weighted by atomic mass is 10.1. The summed E-state index contributed by atoms with van der Waals surface area (Å²) in [5.41, 5.74) is 0. The molecule has 1 aromatic rings. The quantitative estimate of drug-likeness (QED) is 0.864. The standard InChI is InChI=1S/C16H19NO4/c1-10-8-13(10)14-4-2-12(21-14)3-5-15(18)17-7-6-11(9-17)16(19)20/h2-5,10-11,13H,6-9H2,1H3,(H,19,20)/b5-3+/t10-,11-,13+/m1/s1. The largest absolute Gasteiger partial charge is 0.481 e. The monoisotopic (exact) mass is 289 g/mol. The third-order valence-electron chi connectivity index (χ3n) is 4.36. The van der Waals surface area contributed by atoms with E-state index in [0.29, 0.717) is 37.1 Å². The van der Waals surface area contributed by atoms with E-state index in [2.05, 4.69) is 6.92 Å². The van der Waals surface area contributed by atoms with Gasteiger partial charge in [0.05, 0.1) is 5.92 Å². The lowest BCUT2D eigenvalue weighted by Gasteiger charge is -2.12. The van der Waals surface area contributed by atoms with E-state index in [1.165, 1.54) is 12.5 Å². The van der Waals surface area contributed by atoms with E-state index < -0.39 is 11.9 Å². The van der Waals surface area contributed by atoms with Gasteiger partial charge in [0.15, 0.2) is 0 Å². The predicted molar refractivity (Wildman–Crippen MR) is 76.6 cm³/mol. The average molecular weight is 289 g/mol. The Hall–Kier alpha value is -2.04. The van der Waals surface area contributed by atoms with Gasteiger partial charge in [-0.05, 0) is 37.0 Å². The van der Waals surface area contributed by atoms with Crippen molar-refractivity contribution < 1.29 is 19.1 Å². The Bertz CT molecular complexity index is 589. The molecule has 21 heavy (non-hydrogen) atoms. The number of likely N-dealkylation sites (tertiary alicyclic amines) is 1. The Morgan fingerprint density at radius 2 is 2.19 bits per heavy atom. The van der Waals surface area contributed by atoms with Crippen molar-refractivity contribution in [2.24, 2.45) is 11.8 Å². The third kappa shape index (κ3) is 3.01. The Labute approximate surface area is 123 Å². The molecule has 1 N–H and O–H groups in total. The molecule has 2 fully saturated rings. The van der Waals surface area contributed by atoms with Crippen LogP contribution in [0.15, 0.2) is 22.6 Å². The molecule has 5 nitrogen and oxygen atoms in total. The Morgan fingerprint density at radius 3 is 2.81 bits per heavy atom. The molecule has 1 saturated carbocycles. The Kier molecular flexibility index (Phi) is 3.57. The van der Waals surface area contributed by atoms with Crippen molar-refractivity contribution in [3.63, 3.8) is 0 Å². The van der Waals surface area contributed by atoms with Crippen LogP contribution in [0.25, 0.3) is 6.08 Å². The SMILES string of the molecule is C[C@@H]1C[C@@H]1c1ccc(/C=C/C(=O)N2CC[C@@H](C(=O)O)C2)o1. The van der Waals surface area contributed by atoms with Crippen LogP contribution in [0, 0.1) is 11.8 Å². The van der Waals surface area contributed by atoms with Gasteiger partial charge in [0.25, 0.3) is 0 Å². The molecule has 1 saturated heterocycles. The number of rotatable bonds is 4. The summed E-state index contributed by atoms with van der Waals surface area (Å²) in [5.74, 6) is 1.45. The molecule has 1 aliphatic heterocycles. The van der Waals surface area contributed by atoms with Crippen molar-refractivity contribution in [2.45, 2.75) is 25.7 Å². The summed E-state index contributed by atoms with van der Waals surface area (Å²) >= 11 is 0. The lowest BCUT2D eigenvalue weighted by Crippen LogP contribution is -2.28. The van der Waals surface area contributed by atoms with Crippen LogP contribution in [0.3, 0.4) is 0 Å². The number of carbonyl (C=O) groups excluding carboxylic acids is 1. The predicted octanol–water partition coefficient (Wildman–Crippen LogP) is 2.35. The van der Waals surface area contributed by atoms with E-state index in [4.69, 9.17) is 9.52 Å². The number of furan rings is 1. The van der Waals surface area contributed by atoms with Gasteiger partial charge in [-0.1, -0.05) is 6.92 Å². The van der Waals surface area contributed by atoms with Gasteiger partial charge in [-0.2, -0.15) is 0 Å². The molecule has 5 heteroatoms. The van der Waals surface area contributed by atoms with Gasteiger partial charge < -0.3 is 14.4 Å². The Balaban J connectivity index is 1.57. The van der Waals surface area contributed by atoms with Gasteiger partial charge in [-0.3, -0.25) is 9.59 Å². The zero-order valence-corrected chi connectivity index (χ0v) is 12.0. The van der Waals surface area contributed by atoms with Crippen LogP contribution in [0.2, 0.25) is 0 Å². The van der Waals surface area contributed by atoms with Crippen LogP contribution in [0.5, 0.6) is 0 Å². The first-order valence-electron chi connectivity index (χ1n) is 7.34. The minimum atomic E-state index is -0.830. The molecule has 3 rings (SSSR count). The number of hydrogen-bond donors (Lipinski definition) is 1. The van der Waals surface area contributed by atoms with Crippen LogP contribution in [-0.4, -0.2) is 35.0 Å². The first kappa shape index (κ1) is 13.9. The number of aliphatic carboxylic acids is 1. The van der Waals surface area contributed by atoms with E-state index in [0.717, 1.165) is 5.76 Å². The second kappa shape index (κ2) is 5.39. The van der Waals surface area contributed by atoms with E-state index in [9.17, 15) is 9.59 Å². The van der Waals surface area contributed by atoms with Crippen molar-refractivity contribution >= 4 is 18.0 Å². The fraction of sp³-hybridized carbons (Fsp3) is 0.500. The summed E-state index contributed by atoms with van der Waals surface area (Å²) in [6, 6.07) is 3.84. The summed E-state index contributed by atoms with van der Waals surface area (Å²) in [4.78, 5) is 24.4. The van der Waals surface area contributed by atoms with E-state index >= 15 is 0 Å². The highest BCUT2D eigenvalue weighted by molar-refractivity contribution is 5.92. The summed E-state index contributed by atoms with van der Waals surface area (Å²) in [6.07, 6.45) is 4.81. The van der Waals surface area contributed by atoms with Gasteiger partial charge in [-0.15, -0.1) is 0 Å². The fourth-order valence-corrected chi connectivity index (χ4v) is 2.80. The maximum atomic E-state index is 12.0. The molecule has 0 bridgehead atoms. The summed E-state index contributed by atoms with van der Waals surface area (Å²) in [6.45, 7) is 2.99. The second-order valence-electron chi connectivity index (χ2n) is 6.00. The molecule has 0 aromatic carbocycles. The highest BCUT2D eigenvalue weighted by Crippen LogP contribution is 2.47. The van der Waals surface area contributed by atoms with Crippen LogP contribution in [0.1, 0.15) is 37.2 Å². The van der Waals surface area contributed by atoms with Crippen LogP contribution < -0.4 is 0 Å². The van der Waals surface area contributed by atoms with Gasteiger partial charge in [0.1, 0.15) is 11.5 Å². The van der Waals surface area contributed by atoms with E-state index in [-0.39, 0.29) is 5.91 Å². The molecule has 112 valence electrons. The van der Waals surface area contributed by atoms with Crippen molar-refractivity contribution in [3.8, 4) is 0 Å². The lowest BCUT2D eigenvalue weighted by molar-refractivity contribution is -0.141. The molecule has 0 spiro atoms. The zero-order chi connectivity index (χ0) is 15.0. The summed E-state index contributed by atoms with van der Waals surface area (Å²) in [5, 5.41) is 8.93. The fourth-order valence-electron chi connectivity index (χ4n) is 2.80. The number of amides is 1. The van der Waals surface area contributed by atoms with Crippen molar-refractivity contribution in [1.29, 1.82) is 0 Å². The second-order valence-corrected chi connectivity index (χ2v) is 6.00. The number of carbonyl (C=O) groups is 2. The number of hydrogen-bond acceptors (Lipinski definition) is 3. The summed E-state index contributed by atoms with van der Waals surface area (Å²) < 4.78 is 5.70. The van der Waals surface area contributed by atoms with Crippen molar-refractivity contribution in [2.75, 3.05) is 13.1 Å². The molecule has 2 aliphatic rings. The highest BCUT2D eigenvalue weighted by Gasteiger charge is 2.36. The molecule has 3 atom stereocenters. The number of nitrogens with zero attached hydrogens (tertiary/aromatic N) is 1. The number of carboxylic acids is 1. The first-order chi connectivity index (χ1) is 10.0. The molecule has 0 radical (unpaired) electrons. The minimum Gasteiger partial charge on any atom is -0.481 e. The van der Waals surface area contributed by atoms with Crippen LogP contribution >= 0.6 is 0 Å². The molecular weight excluding hydrogens is 270 g/mol.